The van der Waals surface area contributed by atoms with Crippen molar-refractivity contribution >= 4 is 18.3 Å². The first-order chi connectivity index (χ1) is 7.68. The first-order valence-electron chi connectivity index (χ1n) is 6.42. The third-order valence-corrected chi connectivity index (χ3v) is 3.67. The molecule has 2 fully saturated rings. The summed E-state index contributed by atoms with van der Waals surface area (Å²) >= 11 is 0. The fraction of sp³-hybridized carbons (Fsp3) is 0.917. The normalized spacial score (nSPS) is 26.1. The number of hydrogen-bond acceptors (Lipinski definition) is 3. The second kappa shape index (κ2) is 6.57. The van der Waals surface area contributed by atoms with Gasteiger partial charge in [0.15, 0.2) is 0 Å². The van der Waals surface area contributed by atoms with Crippen molar-refractivity contribution in [1.82, 2.24) is 15.1 Å². The molecular weight excluding hydrogens is 238 g/mol. The van der Waals surface area contributed by atoms with Crippen molar-refractivity contribution in [1.29, 1.82) is 0 Å². The van der Waals surface area contributed by atoms with Gasteiger partial charge >= 0.3 is 0 Å². The van der Waals surface area contributed by atoms with Gasteiger partial charge in [0.05, 0.1) is 0 Å². The molecule has 2 aliphatic rings. The molecule has 100 valence electrons. The number of nitrogens with zero attached hydrogens (tertiary/aromatic N) is 2. The van der Waals surface area contributed by atoms with Crippen molar-refractivity contribution in [2.24, 2.45) is 5.92 Å². The van der Waals surface area contributed by atoms with E-state index in [-0.39, 0.29) is 18.3 Å². The Morgan fingerprint density at radius 1 is 1.24 bits per heavy atom. The van der Waals surface area contributed by atoms with Gasteiger partial charge in [-0.2, -0.15) is 0 Å². The molecule has 17 heavy (non-hydrogen) atoms. The van der Waals surface area contributed by atoms with Gasteiger partial charge < -0.3 is 10.2 Å². The lowest BCUT2D eigenvalue weighted by molar-refractivity contribution is -0.136. The van der Waals surface area contributed by atoms with Crippen molar-refractivity contribution in [3.05, 3.63) is 0 Å². The van der Waals surface area contributed by atoms with Crippen LogP contribution in [0.25, 0.3) is 0 Å². The van der Waals surface area contributed by atoms with Gasteiger partial charge in [-0.3, -0.25) is 9.69 Å². The minimum atomic E-state index is 0. The van der Waals surface area contributed by atoms with Gasteiger partial charge in [0, 0.05) is 44.7 Å². The molecule has 0 aromatic carbocycles. The van der Waals surface area contributed by atoms with Crippen molar-refractivity contribution in [3.8, 4) is 0 Å². The van der Waals surface area contributed by atoms with E-state index in [1.807, 2.05) is 18.7 Å². The summed E-state index contributed by atoms with van der Waals surface area (Å²) in [6, 6.07) is 0.705. The fourth-order valence-electron chi connectivity index (χ4n) is 2.62. The number of amides is 1. The van der Waals surface area contributed by atoms with Crippen LogP contribution in [-0.2, 0) is 4.79 Å². The van der Waals surface area contributed by atoms with Gasteiger partial charge in [0.1, 0.15) is 0 Å². The lowest BCUT2D eigenvalue weighted by Crippen LogP contribution is -2.53. The minimum Gasteiger partial charge on any atom is -0.340 e. The predicted octanol–water partition coefficient (Wildman–Crippen LogP) is 0.570. The summed E-state index contributed by atoms with van der Waals surface area (Å²) in [7, 11) is 0. The summed E-state index contributed by atoms with van der Waals surface area (Å²) in [5.74, 6) is 0.448. The standard InChI is InChI=1S/C12H23N3O.ClH/c1-10(2)12(16)15-7-5-14(6-8-15)11-3-4-13-9-11;/h10-11,13H,3-9H2,1-2H3;1H. The van der Waals surface area contributed by atoms with E-state index >= 15 is 0 Å². The largest absolute Gasteiger partial charge is 0.340 e. The summed E-state index contributed by atoms with van der Waals surface area (Å²) in [4.78, 5) is 16.4. The Balaban J connectivity index is 0.00000144. The second-order valence-electron chi connectivity index (χ2n) is 5.16. The highest BCUT2D eigenvalue weighted by Crippen LogP contribution is 2.13. The number of nitrogens with one attached hydrogen (secondary N) is 1. The summed E-state index contributed by atoms with van der Waals surface area (Å²) < 4.78 is 0. The predicted molar refractivity (Wildman–Crippen MR) is 71.5 cm³/mol. The molecule has 0 aromatic rings. The van der Waals surface area contributed by atoms with E-state index in [2.05, 4.69) is 10.2 Å². The van der Waals surface area contributed by atoms with E-state index in [1.54, 1.807) is 0 Å². The van der Waals surface area contributed by atoms with Crippen molar-refractivity contribution < 1.29 is 4.79 Å². The van der Waals surface area contributed by atoms with Gasteiger partial charge in [-0.25, -0.2) is 0 Å². The zero-order chi connectivity index (χ0) is 11.5. The molecule has 0 bridgehead atoms. The molecule has 1 atom stereocenters. The Labute approximate surface area is 110 Å². The third kappa shape index (κ3) is 3.57. The fourth-order valence-corrected chi connectivity index (χ4v) is 2.62. The van der Waals surface area contributed by atoms with E-state index in [0.29, 0.717) is 11.9 Å². The van der Waals surface area contributed by atoms with Gasteiger partial charge in [-0.05, 0) is 13.0 Å². The maximum absolute atomic E-state index is 11.8. The number of carbonyl (C=O) groups excluding carboxylic acids is 1. The van der Waals surface area contributed by atoms with E-state index < -0.39 is 0 Å². The Hall–Kier alpha value is -0.320. The Kier molecular flexibility index (Phi) is 5.70. The Morgan fingerprint density at radius 3 is 2.35 bits per heavy atom. The molecule has 1 N–H and O–H groups in total. The Morgan fingerprint density at radius 2 is 1.88 bits per heavy atom. The van der Waals surface area contributed by atoms with Crippen LogP contribution in [0.15, 0.2) is 0 Å². The molecule has 0 aliphatic carbocycles. The smallest absolute Gasteiger partial charge is 0.225 e. The van der Waals surface area contributed by atoms with Crippen LogP contribution in [0.1, 0.15) is 20.3 Å². The summed E-state index contributed by atoms with van der Waals surface area (Å²) in [6.45, 7) is 10.1. The van der Waals surface area contributed by atoms with Crippen LogP contribution in [0.5, 0.6) is 0 Å². The number of piperazine rings is 1. The van der Waals surface area contributed by atoms with Crippen LogP contribution in [0.3, 0.4) is 0 Å². The third-order valence-electron chi connectivity index (χ3n) is 3.67. The lowest BCUT2D eigenvalue weighted by Gasteiger charge is -2.38. The molecule has 2 rings (SSSR count). The molecule has 2 saturated heterocycles. The molecule has 0 saturated carbocycles. The summed E-state index contributed by atoms with van der Waals surface area (Å²) in [5, 5.41) is 3.40. The van der Waals surface area contributed by atoms with Crippen LogP contribution in [0.2, 0.25) is 0 Å². The highest BCUT2D eigenvalue weighted by molar-refractivity contribution is 5.85. The van der Waals surface area contributed by atoms with E-state index in [0.717, 1.165) is 39.3 Å². The first-order valence-corrected chi connectivity index (χ1v) is 6.42. The topological polar surface area (TPSA) is 35.6 Å². The quantitative estimate of drug-likeness (QED) is 0.790. The zero-order valence-electron chi connectivity index (χ0n) is 10.8. The molecule has 0 spiro atoms. The lowest BCUT2D eigenvalue weighted by atomic mass is 10.1. The van der Waals surface area contributed by atoms with Crippen LogP contribution < -0.4 is 5.32 Å². The van der Waals surface area contributed by atoms with E-state index in [4.69, 9.17) is 0 Å². The monoisotopic (exact) mass is 261 g/mol. The molecule has 5 heteroatoms. The number of rotatable bonds is 2. The molecule has 1 unspecified atom stereocenters. The minimum absolute atomic E-state index is 0. The van der Waals surface area contributed by atoms with Gasteiger partial charge in [0.2, 0.25) is 5.91 Å². The van der Waals surface area contributed by atoms with Gasteiger partial charge in [-0.15, -0.1) is 12.4 Å². The number of halogens is 1. The van der Waals surface area contributed by atoms with Crippen LogP contribution in [-0.4, -0.2) is 61.0 Å². The molecule has 2 heterocycles. The highest BCUT2D eigenvalue weighted by Gasteiger charge is 2.28. The zero-order valence-corrected chi connectivity index (χ0v) is 11.6. The van der Waals surface area contributed by atoms with Crippen LogP contribution >= 0.6 is 12.4 Å². The van der Waals surface area contributed by atoms with Gasteiger partial charge in [0.25, 0.3) is 0 Å². The van der Waals surface area contributed by atoms with E-state index in [9.17, 15) is 4.79 Å². The van der Waals surface area contributed by atoms with Crippen molar-refractivity contribution in [2.75, 3.05) is 39.3 Å². The summed E-state index contributed by atoms with van der Waals surface area (Å²) in [5.41, 5.74) is 0. The molecule has 0 aromatic heterocycles. The van der Waals surface area contributed by atoms with Gasteiger partial charge in [-0.1, -0.05) is 13.8 Å². The second-order valence-corrected chi connectivity index (χ2v) is 5.16. The van der Waals surface area contributed by atoms with E-state index in [1.165, 1.54) is 6.42 Å². The van der Waals surface area contributed by atoms with Crippen LogP contribution in [0.4, 0.5) is 0 Å². The maximum Gasteiger partial charge on any atom is 0.225 e. The maximum atomic E-state index is 11.8. The summed E-state index contributed by atoms with van der Waals surface area (Å²) in [6.07, 6.45) is 1.26. The number of hydrogen-bond donors (Lipinski definition) is 1. The number of carbonyl (C=O) groups is 1. The Bertz CT molecular complexity index is 246. The SMILES string of the molecule is CC(C)C(=O)N1CCN(C2CCNC2)CC1.Cl. The van der Waals surface area contributed by atoms with Crippen molar-refractivity contribution in [3.63, 3.8) is 0 Å². The average molecular weight is 262 g/mol. The molecule has 2 aliphatic heterocycles. The highest BCUT2D eigenvalue weighted by atomic mass is 35.5. The molecular formula is C12H24ClN3O. The molecule has 1 amide bonds. The molecule has 0 radical (unpaired) electrons. The molecule has 4 nitrogen and oxygen atoms in total. The average Bonchev–Trinajstić information content (AvgIpc) is 2.81. The van der Waals surface area contributed by atoms with Crippen LogP contribution in [0, 0.1) is 5.92 Å². The first kappa shape index (κ1) is 14.7. The van der Waals surface area contributed by atoms with Crippen molar-refractivity contribution in [2.45, 2.75) is 26.3 Å².